The molecule has 2 aliphatic rings. The van der Waals surface area contributed by atoms with Gasteiger partial charge in [-0.1, -0.05) is 36.4 Å². The molecule has 0 bridgehead atoms. The van der Waals surface area contributed by atoms with Gasteiger partial charge in [-0.3, -0.25) is 23.6 Å². The first-order valence-electron chi connectivity index (χ1n) is 16.9. The Kier molecular flexibility index (Phi) is 10.7. The molecule has 1 saturated heterocycles. The molecule has 3 N–H and O–H groups in total. The molecular formula is C36H36F7N5O5. The molecule has 2 aromatic carbocycles. The van der Waals surface area contributed by atoms with Gasteiger partial charge in [0, 0.05) is 25.1 Å². The van der Waals surface area contributed by atoms with Crippen LogP contribution in [0.5, 0.6) is 0 Å². The number of alkyl halides is 6. The fourth-order valence-electron chi connectivity index (χ4n) is 7.09. The minimum Gasteiger partial charge on any atom is -0.455 e. The minimum atomic E-state index is -4.95. The summed E-state index contributed by atoms with van der Waals surface area (Å²) < 4.78 is 110. The first-order chi connectivity index (χ1) is 25.1. The van der Waals surface area contributed by atoms with Gasteiger partial charge in [0.15, 0.2) is 0 Å². The van der Waals surface area contributed by atoms with Crippen LogP contribution in [-0.2, 0) is 53.7 Å². The summed E-state index contributed by atoms with van der Waals surface area (Å²) in [6.45, 7) is -0.676. The smallest absolute Gasteiger partial charge is 0.449 e. The molecule has 1 amide bonds. The standard InChI is InChI=1S/C36H36F7N5O5/c37-26-9-4-8-25(35(38,39)40)24(26)19-47-28-21-52-34(13-16-46(17-14-34)18-23-11-12-29(53-23)36(41,42)43)31(28)32(50)48(33(47)51)20-27(22-6-2-1-3-7-22)45-15-5-10-30(44)49/h1-4,6-9,11-12,27,45H,5,10,13-21H2,(H2,44,49). The predicted molar refractivity (Wildman–Crippen MR) is 176 cm³/mol. The third-order valence-corrected chi connectivity index (χ3v) is 9.76. The van der Waals surface area contributed by atoms with Gasteiger partial charge >= 0.3 is 18.0 Å². The molecule has 1 spiro atoms. The number of halogens is 7. The lowest BCUT2D eigenvalue weighted by Gasteiger charge is -2.38. The Labute approximate surface area is 297 Å². The number of hydrogen-bond donors (Lipinski definition) is 2. The van der Waals surface area contributed by atoms with Crippen LogP contribution in [0, 0.1) is 5.82 Å². The summed E-state index contributed by atoms with van der Waals surface area (Å²) >= 11 is 0. The van der Waals surface area contributed by atoms with E-state index in [1.165, 1.54) is 6.07 Å². The number of aromatic nitrogens is 2. The van der Waals surface area contributed by atoms with Crippen molar-refractivity contribution in [3.63, 3.8) is 0 Å². The van der Waals surface area contributed by atoms with Gasteiger partial charge in [-0.25, -0.2) is 9.18 Å². The molecule has 0 radical (unpaired) electrons. The van der Waals surface area contributed by atoms with E-state index >= 15 is 4.39 Å². The van der Waals surface area contributed by atoms with Gasteiger partial charge in [-0.15, -0.1) is 0 Å². The molecule has 4 aromatic rings. The van der Waals surface area contributed by atoms with E-state index < -0.39 is 70.4 Å². The minimum absolute atomic E-state index is 0.0209. The van der Waals surface area contributed by atoms with E-state index in [9.17, 15) is 40.7 Å². The van der Waals surface area contributed by atoms with Gasteiger partial charge in [0.25, 0.3) is 5.56 Å². The maximum atomic E-state index is 15.2. The van der Waals surface area contributed by atoms with E-state index in [4.69, 9.17) is 14.9 Å². The summed E-state index contributed by atoms with van der Waals surface area (Å²) in [5, 5.41) is 3.24. The maximum absolute atomic E-state index is 15.2. The molecule has 53 heavy (non-hydrogen) atoms. The van der Waals surface area contributed by atoms with Crippen molar-refractivity contribution in [3.05, 3.63) is 127 Å². The molecular weight excluding hydrogens is 715 g/mol. The fraction of sp³-hybridized carbons (Fsp3) is 0.417. The quantitative estimate of drug-likeness (QED) is 0.146. The van der Waals surface area contributed by atoms with Crippen LogP contribution >= 0.6 is 0 Å². The third-order valence-electron chi connectivity index (χ3n) is 9.76. The van der Waals surface area contributed by atoms with E-state index in [0.29, 0.717) is 18.1 Å². The lowest BCUT2D eigenvalue weighted by atomic mass is 9.85. The number of piperidine rings is 1. The normalized spacial score (nSPS) is 16.6. The van der Waals surface area contributed by atoms with Crippen molar-refractivity contribution in [2.75, 3.05) is 19.6 Å². The van der Waals surface area contributed by atoms with Crippen molar-refractivity contribution in [2.24, 2.45) is 5.73 Å². The maximum Gasteiger partial charge on any atom is 0.449 e. The number of carbonyl (C=O) groups is 1. The largest absolute Gasteiger partial charge is 0.455 e. The second-order valence-electron chi connectivity index (χ2n) is 13.2. The number of likely N-dealkylation sites (tertiary alicyclic amines) is 1. The van der Waals surface area contributed by atoms with Crippen molar-refractivity contribution in [1.82, 2.24) is 19.4 Å². The number of rotatable bonds is 12. The number of amides is 1. The van der Waals surface area contributed by atoms with Gasteiger partial charge in [0.1, 0.15) is 17.2 Å². The highest BCUT2D eigenvalue weighted by Gasteiger charge is 2.47. The van der Waals surface area contributed by atoms with Crippen molar-refractivity contribution >= 4 is 5.91 Å². The van der Waals surface area contributed by atoms with Crippen molar-refractivity contribution in [2.45, 2.75) is 75.9 Å². The Morgan fingerprint density at radius 2 is 1.62 bits per heavy atom. The molecule has 2 aliphatic heterocycles. The Hall–Kier alpha value is -4.74. The number of benzene rings is 2. The van der Waals surface area contributed by atoms with E-state index in [-0.39, 0.29) is 75.6 Å². The average molecular weight is 752 g/mol. The summed E-state index contributed by atoms with van der Waals surface area (Å²) in [4.78, 5) is 41.9. The Balaban J connectivity index is 1.40. The molecule has 6 rings (SSSR count). The lowest BCUT2D eigenvalue weighted by Crippen LogP contribution is -2.50. The summed E-state index contributed by atoms with van der Waals surface area (Å²) in [5.74, 6) is -2.76. The molecule has 17 heteroatoms. The van der Waals surface area contributed by atoms with Crippen molar-refractivity contribution in [3.8, 4) is 0 Å². The monoisotopic (exact) mass is 751 g/mol. The molecule has 1 atom stereocenters. The summed E-state index contributed by atoms with van der Waals surface area (Å²) in [6.07, 6.45) is -8.87. The van der Waals surface area contributed by atoms with Crippen LogP contribution < -0.4 is 22.3 Å². The number of fused-ring (bicyclic) bond motifs is 2. The Morgan fingerprint density at radius 3 is 2.26 bits per heavy atom. The molecule has 0 aliphatic carbocycles. The topological polar surface area (TPSA) is 125 Å². The molecule has 2 aromatic heterocycles. The van der Waals surface area contributed by atoms with Crippen LogP contribution in [-0.4, -0.2) is 39.6 Å². The predicted octanol–water partition coefficient (Wildman–Crippen LogP) is 5.45. The highest BCUT2D eigenvalue weighted by Crippen LogP contribution is 2.43. The number of hydrogen-bond acceptors (Lipinski definition) is 7. The summed E-state index contributed by atoms with van der Waals surface area (Å²) in [7, 11) is 0. The number of ether oxygens (including phenoxy) is 1. The number of nitrogens with zero attached hydrogens (tertiary/aromatic N) is 3. The van der Waals surface area contributed by atoms with Crippen LogP contribution in [0.1, 0.15) is 71.2 Å². The van der Waals surface area contributed by atoms with Crippen molar-refractivity contribution in [1.29, 1.82) is 0 Å². The van der Waals surface area contributed by atoms with Crippen LogP contribution in [0.3, 0.4) is 0 Å². The number of nitrogens with one attached hydrogen (secondary N) is 1. The van der Waals surface area contributed by atoms with E-state index in [2.05, 4.69) is 5.32 Å². The average Bonchev–Trinajstić information content (AvgIpc) is 3.73. The zero-order valence-corrected chi connectivity index (χ0v) is 28.2. The molecule has 1 unspecified atom stereocenters. The van der Waals surface area contributed by atoms with Crippen molar-refractivity contribution < 1.29 is 44.7 Å². The second kappa shape index (κ2) is 14.9. The van der Waals surface area contributed by atoms with Gasteiger partial charge < -0.3 is 20.2 Å². The lowest BCUT2D eigenvalue weighted by molar-refractivity contribution is -0.153. The van der Waals surface area contributed by atoms with E-state index in [1.807, 2.05) is 4.90 Å². The van der Waals surface area contributed by atoms with E-state index in [1.54, 1.807) is 30.3 Å². The number of carbonyl (C=O) groups excluding carboxylic acids is 1. The van der Waals surface area contributed by atoms with Crippen LogP contribution in [0.4, 0.5) is 30.7 Å². The summed E-state index contributed by atoms with van der Waals surface area (Å²) in [5.41, 5.74) is 0.979. The highest BCUT2D eigenvalue weighted by molar-refractivity contribution is 5.73. The summed E-state index contributed by atoms with van der Waals surface area (Å²) in [6, 6.07) is 12.7. The molecule has 284 valence electrons. The first-order valence-corrected chi connectivity index (χ1v) is 16.9. The zero-order valence-electron chi connectivity index (χ0n) is 28.2. The van der Waals surface area contributed by atoms with Gasteiger partial charge in [-0.05, 0) is 55.6 Å². The Bertz CT molecular complexity index is 2070. The third kappa shape index (κ3) is 8.11. The second-order valence-corrected chi connectivity index (χ2v) is 13.2. The van der Waals surface area contributed by atoms with Crippen LogP contribution in [0.25, 0.3) is 0 Å². The van der Waals surface area contributed by atoms with E-state index in [0.717, 1.165) is 27.3 Å². The van der Waals surface area contributed by atoms with Crippen LogP contribution in [0.2, 0.25) is 0 Å². The first kappa shape index (κ1) is 38.0. The van der Waals surface area contributed by atoms with Gasteiger partial charge in [0.2, 0.25) is 11.7 Å². The van der Waals surface area contributed by atoms with Gasteiger partial charge in [-0.2, -0.15) is 26.3 Å². The number of nitrogens with two attached hydrogens (primary N) is 1. The number of furan rings is 1. The molecule has 4 heterocycles. The number of primary amides is 1. The fourth-order valence-corrected chi connectivity index (χ4v) is 7.09. The molecule has 1 fully saturated rings. The van der Waals surface area contributed by atoms with Crippen LogP contribution in [0.15, 0.2) is 74.7 Å². The molecule has 0 saturated carbocycles. The van der Waals surface area contributed by atoms with Gasteiger partial charge in [0.05, 0.1) is 49.1 Å². The Morgan fingerprint density at radius 1 is 0.906 bits per heavy atom. The SMILES string of the molecule is NC(=O)CCCNC(Cn1c(=O)c2c(n(Cc3c(F)cccc3C(F)(F)F)c1=O)COC21CCN(Cc2ccc(C(F)(F)F)o2)CC1)c1ccccc1. The highest BCUT2D eigenvalue weighted by atomic mass is 19.4. The molecule has 10 nitrogen and oxygen atoms in total. The zero-order chi connectivity index (χ0) is 38.1.